The van der Waals surface area contributed by atoms with E-state index < -0.39 is 5.91 Å². The summed E-state index contributed by atoms with van der Waals surface area (Å²) in [6.07, 6.45) is 0.418. The minimum Gasteiger partial charge on any atom is -0.510 e. The van der Waals surface area contributed by atoms with E-state index in [1.807, 2.05) is 38.2 Å². The number of carbonyl (C=O) groups is 1. The van der Waals surface area contributed by atoms with Crippen molar-refractivity contribution in [3.05, 3.63) is 33.3 Å². The third-order valence-corrected chi connectivity index (χ3v) is 4.88. The molecule has 4 aromatic rings. The molecule has 4 heterocycles. The van der Waals surface area contributed by atoms with Gasteiger partial charge in [-0.1, -0.05) is 6.92 Å². The van der Waals surface area contributed by atoms with Gasteiger partial charge in [-0.15, -0.1) is 0 Å². The molecule has 27 heavy (non-hydrogen) atoms. The van der Waals surface area contributed by atoms with Crippen molar-refractivity contribution in [2.24, 2.45) is 5.73 Å². The Kier molecular flexibility index (Phi) is 3.71. The number of pyridine rings is 1. The number of nitrogens with zero attached hydrogens (tertiary/aromatic N) is 4. The molecule has 0 unspecified atom stereocenters. The molecule has 0 saturated heterocycles. The van der Waals surface area contributed by atoms with Gasteiger partial charge in [0.2, 0.25) is 5.28 Å². The number of nitrogens with one attached hydrogen (secondary N) is 1. The van der Waals surface area contributed by atoms with Gasteiger partial charge in [-0.3, -0.25) is 14.3 Å². The summed E-state index contributed by atoms with van der Waals surface area (Å²) in [7, 11) is 0. The van der Waals surface area contributed by atoms with Crippen molar-refractivity contribution in [1.82, 2.24) is 24.0 Å². The number of amides is 1. The number of carbonyl (C=O) groups excluding carboxylic acids is 1. The van der Waals surface area contributed by atoms with E-state index in [1.165, 1.54) is 0 Å². The van der Waals surface area contributed by atoms with Crippen LogP contribution < -0.4 is 16.4 Å². The Bertz CT molecular complexity index is 1380. The number of hydrogen-bond acceptors (Lipinski definition) is 4. The third-order valence-electron chi connectivity index (χ3n) is 4.71. The van der Waals surface area contributed by atoms with Crippen LogP contribution in [0.1, 0.15) is 43.2 Å². The van der Waals surface area contributed by atoms with E-state index in [0.29, 0.717) is 44.9 Å². The predicted molar refractivity (Wildman–Crippen MR) is 104 cm³/mol. The van der Waals surface area contributed by atoms with Crippen LogP contribution in [0.25, 0.3) is 33.5 Å². The molecule has 4 N–H and O–H groups in total. The molecular weight excluding hydrogens is 368 g/mol. The van der Waals surface area contributed by atoms with Crippen molar-refractivity contribution in [1.29, 1.82) is 0 Å². The molecule has 4 aromatic heterocycles. The van der Waals surface area contributed by atoms with Gasteiger partial charge in [0.05, 0.1) is 10.9 Å². The van der Waals surface area contributed by atoms with Crippen molar-refractivity contribution in [2.45, 2.75) is 34.1 Å². The normalized spacial score (nSPS) is 13.1. The molecule has 9 heteroatoms. The Morgan fingerprint density at radius 2 is 2.04 bits per heavy atom. The molecule has 0 fully saturated rings. The van der Waals surface area contributed by atoms with E-state index in [0.717, 1.165) is 11.3 Å². The van der Waals surface area contributed by atoms with E-state index in [4.69, 9.17) is 17.3 Å². The molecular formula is C18H19ClN6O2. The van der Waals surface area contributed by atoms with Crippen LogP contribution in [0.5, 0.6) is 0 Å². The molecule has 0 aliphatic carbocycles. The summed E-state index contributed by atoms with van der Waals surface area (Å²) in [6.45, 7) is 7.57. The number of aromatic amines is 1. The Morgan fingerprint density at radius 1 is 1.33 bits per heavy atom. The average Bonchev–Trinajstić information content (AvgIpc) is 3.23. The fourth-order valence-corrected chi connectivity index (χ4v) is 3.76. The van der Waals surface area contributed by atoms with Gasteiger partial charge in [0.1, 0.15) is 16.6 Å². The maximum absolute atomic E-state index is 12.3. The quantitative estimate of drug-likeness (QED) is 0.487. The molecule has 4 rings (SSSR count). The lowest BCUT2D eigenvalue weighted by Crippen LogP contribution is -2.31. The van der Waals surface area contributed by atoms with Gasteiger partial charge in [-0.2, -0.15) is 4.98 Å². The summed E-state index contributed by atoms with van der Waals surface area (Å²) >= 11 is 6.10. The number of rotatable bonds is 2. The van der Waals surface area contributed by atoms with Gasteiger partial charge < -0.3 is 10.8 Å². The van der Waals surface area contributed by atoms with Crippen LogP contribution in [0.15, 0.2) is 6.07 Å². The van der Waals surface area contributed by atoms with Gasteiger partial charge >= 0.3 is 0 Å². The molecule has 0 aliphatic rings. The van der Waals surface area contributed by atoms with Crippen LogP contribution in [-0.2, 0) is 0 Å². The number of H-pyrrole nitrogens is 1. The van der Waals surface area contributed by atoms with Gasteiger partial charge in [0.15, 0.2) is 11.3 Å². The van der Waals surface area contributed by atoms with Crippen LogP contribution in [0.2, 0.25) is 5.28 Å². The van der Waals surface area contributed by atoms with Crippen molar-refractivity contribution < 1.29 is 9.90 Å². The van der Waals surface area contributed by atoms with Gasteiger partial charge in [-0.25, -0.2) is 9.50 Å². The predicted octanol–water partition coefficient (Wildman–Crippen LogP) is 1.79. The number of halogens is 1. The molecule has 140 valence electrons. The number of aliphatic hydroxyl groups excluding tert-OH is 1. The number of hydrogen-bond donors (Lipinski definition) is 3. The highest BCUT2D eigenvalue weighted by Crippen LogP contribution is 2.28. The third kappa shape index (κ3) is 2.26. The minimum atomic E-state index is -0.590. The minimum absolute atomic E-state index is 0.148. The van der Waals surface area contributed by atoms with Gasteiger partial charge in [-0.05, 0) is 44.0 Å². The second-order valence-corrected chi connectivity index (χ2v) is 7.09. The Hall–Kier alpha value is -3.00. The largest absolute Gasteiger partial charge is 0.510 e. The Balaban J connectivity index is 2.48. The lowest BCUT2D eigenvalue weighted by atomic mass is 10.1. The number of primary amides is 1. The van der Waals surface area contributed by atoms with Crippen LogP contribution in [0.4, 0.5) is 0 Å². The van der Waals surface area contributed by atoms with Crippen LogP contribution in [0, 0.1) is 6.92 Å². The molecule has 0 bridgehead atoms. The first-order valence-corrected chi connectivity index (χ1v) is 8.91. The first-order valence-electron chi connectivity index (χ1n) is 8.53. The first-order chi connectivity index (χ1) is 12.8. The highest BCUT2D eigenvalue weighted by atomic mass is 35.5. The van der Waals surface area contributed by atoms with Gasteiger partial charge in [0.25, 0.3) is 5.91 Å². The zero-order valence-corrected chi connectivity index (χ0v) is 16.1. The van der Waals surface area contributed by atoms with E-state index in [-0.39, 0.29) is 11.0 Å². The summed E-state index contributed by atoms with van der Waals surface area (Å²) in [5, 5.41) is 15.4. The fourth-order valence-electron chi connectivity index (χ4n) is 3.60. The molecule has 0 atom stereocenters. The van der Waals surface area contributed by atoms with Crippen molar-refractivity contribution in [3.63, 3.8) is 0 Å². The van der Waals surface area contributed by atoms with Crippen molar-refractivity contribution in [3.8, 4) is 0 Å². The van der Waals surface area contributed by atoms with Crippen LogP contribution >= 0.6 is 11.6 Å². The maximum Gasteiger partial charge on any atom is 0.253 e. The summed E-state index contributed by atoms with van der Waals surface area (Å²) in [5.74, 6) is -0.442. The van der Waals surface area contributed by atoms with E-state index in [1.54, 1.807) is 4.52 Å². The number of aryl methyl sites for hydroxylation is 1. The number of fused-ring (bicyclic) bond motifs is 5. The van der Waals surface area contributed by atoms with Gasteiger partial charge in [0, 0.05) is 17.5 Å². The lowest BCUT2D eigenvalue weighted by Gasteiger charge is -2.03. The topological polar surface area (TPSA) is 114 Å². The lowest BCUT2D eigenvalue weighted by molar-refractivity contribution is 0.100. The van der Waals surface area contributed by atoms with Crippen molar-refractivity contribution >= 4 is 51.0 Å². The number of imidazole rings is 1. The zero-order valence-electron chi connectivity index (χ0n) is 15.4. The Morgan fingerprint density at radius 3 is 2.63 bits per heavy atom. The molecule has 0 spiro atoms. The molecule has 0 saturated carbocycles. The van der Waals surface area contributed by atoms with E-state index in [9.17, 15) is 9.90 Å². The molecule has 8 nitrogen and oxygen atoms in total. The molecule has 1 amide bonds. The summed E-state index contributed by atoms with van der Waals surface area (Å²) in [6, 6.07) is 1.85. The standard InChI is InChI=1S/C18H19ClN6O2/c1-5-10(26)12-13(7(2)3)24-14-9(11(15(20)27)16(24)21-12)6-8(4)25-17(14)22-18(19)23-25/h6,26H,5H2,1-4H3,(H2,20,27)(H,22,23)/b12-10-. The maximum atomic E-state index is 12.3. The SMILES string of the molecule is CC/C(O)=c1/nc2c(C(N)=O)c3cc(C)n4[nH]c(Cl)nc4c3n2c1=C(C)C. The second kappa shape index (κ2) is 5.75. The van der Waals surface area contributed by atoms with Crippen molar-refractivity contribution in [2.75, 3.05) is 0 Å². The highest BCUT2D eigenvalue weighted by molar-refractivity contribution is 6.28. The zero-order chi connectivity index (χ0) is 19.6. The van der Waals surface area contributed by atoms with Crippen LogP contribution in [0.3, 0.4) is 0 Å². The van der Waals surface area contributed by atoms with E-state index >= 15 is 0 Å². The Labute approximate surface area is 158 Å². The highest BCUT2D eigenvalue weighted by Gasteiger charge is 2.24. The number of aliphatic hydroxyl groups is 1. The number of aromatic nitrogens is 5. The molecule has 0 radical (unpaired) electrons. The first kappa shape index (κ1) is 17.4. The van der Waals surface area contributed by atoms with Crippen LogP contribution in [-0.4, -0.2) is 35.0 Å². The van der Waals surface area contributed by atoms with E-state index in [2.05, 4.69) is 15.1 Å². The fraction of sp³-hybridized carbons (Fsp3) is 0.278. The summed E-state index contributed by atoms with van der Waals surface area (Å²) in [4.78, 5) is 21.3. The summed E-state index contributed by atoms with van der Waals surface area (Å²) in [5.41, 5.74) is 9.36. The summed E-state index contributed by atoms with van der Waals surface area (Å²) < 4.78 is 3.57. The number of nitrogens with two attached hydrogens (primary N) is 1. The molecule has 0 aromatic carbocycles. The second-order valence-electron chi connectivity index (χ2n) is 6.73. The monoisotopic (exact) mass is 386 g/mol. The smallest absolute Gasteiger partial charge is 0.253 e. The average molecular weight is 387 g/mol. The molecule has 0 aliphatic heterocycles.